The molecule has 3 heteroatoms. The van der Waals surface area contributed by atoms with Gasteiger partial charge in [0.1, 0.15) is 0 Å². The smallest absolute Gasteiger partial charge is 0.253 e. The van der Waals surface area contributed by atoms with Gasteiger partial charge in [-0.05, 0) is 24.8 Å². The number of aromatic amines is 1. The Bertz CT molecular complexity index is 479. The van der Waals surface area contributed by atoms with Gasteiger partial charge in [-0.2, -0.15) is 0 Å². The highest BCUT2D eigenvalue weighted by atomic mass is 16.1. The second-order valence-corrected chi connectivity index (χ2v) is 6.77. The van der Waals surface area contributed by atoms with Gasteiger partial charge in [-0.3, -0.25) is 4.79 Å². The van der Waals surface area contributed by atoms with Crippen LogP contribution in [-0.2, 0) is 5.41 Å². The average molecular weight is 260 g/mol. The number of H-pyrrole nitrogens is 1. The molecular weight excluding hydrogens is 236 g/mol. The van der Waals surface area contributed by atoms with Gasteiger partial charge in [0.2, 0.25) is 0 Å². The number of fused-ring (bicyclic) bond motifs is 1. The van der Waals surface area contributed by atoms with E-state index < -0.39 is 0 Å². The summed E-state index contributed by atoms with van der Waals surface area (Å²) in [5.74, 6) is 0.710. The van der Waals surface area contributed by atoms with Gasteiger partial charge in [-0.15, -0.1) is 0 Å². The lowest BCUT2D eigenvalue weighted by Crippen LogP contribution is -2.43. The molecule has 1 fully saturated rings. The van der Waals surface area contributed by atoms with Crippen LogP contribution in [0.25, 0.3) is 0 Å². The number of carbonyl (C=O) groups excluding carboxylic acids is 1. The summed E-state index contributed by atoms with van der Waals surface area (Å²) in [7, 11) is 0. The number of carbonyl (C=O) groups is 1. The molecule has 1 amide bonds. The SMILES string of the molecule is CC1(C)CNC(=O)c2cc(C3CCCCCC3)[nH]c21. The second kappa shape index (κ2) is 4.69. The molecule has 0 radical (unpaired) electrons. The number of rotatable bonds is 1. The lowest BCUT2D eigenvalue weighted by atomic mass is 9.84. The third-order valence-electron chi connectivity index (χ3n) is 4.75. The summed E-state index contributed by atoms with van der Waals surface area (Å²) in [4.78, 5) is 15.6. The highest BCUT2D eigenvalue weighted by Gasteiger charge is 2.34. The highest BCUT2D eigenvalue weighted by molar-refractivity contribution is 5.97. The van der Waals surface area contributed by atoms with Crippen LogP contribution in [0.3, 0.4) is 0 Å². The molecule has 19 heavy (non-hydrogen) atoms. The lowest BCUT2D eigenvalue weighted by molar-refractivity contribution is 0.0929. The topological polar surface area (TPSA) is 44.9 Å². The molecule has 2 N–H and O–H groups in total. The summed E-state index contributed by atoms with van der Waals surface area (Å²) in [6, 6.07) is 2.11. The van der Waals surface area contributed by atoms with Crippen molar-refractivity contribution in [3.63, 3.8) is 0 Å². The molecule has 3 nitrogen and oxygen atoms in total. The van der Waals surface area contributed by atoms with E-state index in [2.05, 4.69) is 30.2 Å². The van der Waals surface area contributed by atoms with Crippen LogP contribution in [0, 0.1) is 0 Å². The van der Waals surface area contributed by atoms with Crippen molar-refractivity contribution in [1.82, 2.24) is 10.3 Å². The molecule has 0 spiro atoms. The molecule has 0 bridgehead atoms. The Balaban J connectivity index is 1.94. The van der Waals surface area contributed by atoms with E-state index in [1.54, 1.807) is 0 Å². The van der Waals surface area contributed by atoms with E-state index in [0.717, 1.165) is 17.8 Å². The first-order valence-corrected chi connectivity index (χ1v) is 7.59. The molecule has 0 saturated heterocycles. The van der Waals surface area contributed by atoms with Crippen LogP contribution in [0.15, 0.2) is 6.07 Å². The molecule has 1 aromatic rings. The zero-order chi connectivity index (χ0) is 13.5. The largest absolute Gasteiger partial charge is 0.361 e. The Kier molecular flexibility index (Phi) is 3.15. The van der Waals surface area contributed by atoms with Gasteiger partial charge in [0.25, 0.3) is 5.91 Å². The molecule has 1 aliphatic heterocycles. The van der Waals surface area contributed by atoms with Gasteiger partial charge in [0.15, 0.2) is 0 Å². The molecule has 2 heterocycles. The van der Waals surface area contributed by atoms with Crippen LogP contribution in [0.5, 0.6) is 0 Å². The third-order valence-corrected chi connectivity index (χ3v) is 4.75. The first-order valence-electron chi connectivity index (χ1n) is 7.59. The molecule has 1 saturated carbocycles. The van der Waals surface area contributed by atoms with Gasteiger partial charge in [-0.1, -0.05) is 39.5 Å². The zero-order valence-electron chi connectivity index (χ0n) is 12.0. The number of hydrogen-bond donors (Lipinski definition) is 2. The summed E-state index contributed by atoms with van der Waals surface area (Å²) < 4.78 is 0. The fourth-order valence-corrected chi connectivity index (χ4v) is 3.48. The summed E-state index contributed by atoms with van der Waals surface area (Å²) in [6.07, 6.45) is 7.91. The molecule has 104 valence electrons. The average Bonchev–Trinajstić information content (AvgIpc) is 2.66. The summed E-state index contributed by atoms with van der Waals surface area (Å²) in [6.45, 7) is 5.11. The molecule has 3 rings (SSSR count). The van der Waals surface area contributed by atoms with E-state index >= 15 is 0 Å². The molecule has 1 aliphatic carbocycles. The lowest BCUT2D eigenvalue weighted by Gasteiger charge is -2.29. The maximum atomic E-state index is 12.0. The fraction of sp³-hybridized carbons (Fsp3) is 0.688. The van der Waals surface area contributed by atoms with Crippen molar-refractivity contribution in [2.75, 3.05) is 6.54 Å². The minimum atomic E-state index is 0.0201. The minimum Gasteiger partial charge on any atom is -0.361 e. The van der Waals surface area contributed by atoms with Gasteiger partial charge < -0.3 is 10.3 Å². The van der Waals surface area contributed by atoms with Crippen molar-refractivity contribution in [1.29, 1.82) is 0 Å². The zero-order valence-corrected chi connectivity index (χ0v) is 12.0. The second-order valence-electron chi connectivity index (χ2n) is 6.77. The van der Waals surface area contributed by atoms with Crippen LogP contribution in [0.1, 0.15) is 80.0 Å². The Morgan fingerprint density at radius 3 is 2.47 bits per heavy atom. The number of hydrogen-bond acceptors (Lipinski definition) is 1. The highest BCUT2D eigenvalue weighted by Crippen LogP contribution is 2.36. The summed E-state index contributed by atoms with van der Waals surface area (Å²) >= 11 is 0. The van der Waals surface area contributed by atoms with Crippen molar-refractivity contribution in [3.05, 3.63) is 23.0 Å². The Morgan fingerprint density at radius 1 is 1.16 bits per heavy atom. The van der Waals surface area contributed by atoms with E-state index in [1.165, 1.54) is 44.2 Å². The molecule has 0 atom stereocenters. The maximum Gasteiger partial charge on any atom is 0.253 e. The Labute approximate surface area is 115 Å². The first-order chi connectivity index (χ1) is 9.08. The van der Waals surface area contributed by atoms with Crippen LogP contribution < -0.4 is 5.32 Å². The molecule has 1 aromatic heterocycles. The molecule has 0 unspecified atom stereocenters. The summed E-state index contributed by atoms with van der Waals surface area (Å²) in [5, 5.41) is 3.00. The number of amides is 1. The molecule has 2 aliphatic rings. The summed E-state index contributed by atoms with van der Waals surface area (Å²) in [5.41, 5.74) is 3.31. The quantitative estimate of drug-likeness (QED) is 0.746. The van der Waals surface area contributed by atoms with E-state index in [0.29, 0.717) is 5.92 Å². The predicted molar refractivity (Wildman–Crippen MR) is 76.6 cm³/mol. The molecular formula is C16H24N2O. The number of aromatic nitrogens is 1. The van der Waals surface area contributed by atoms with Gasteiger partial charge in [0, 0.05) is 23.3 Å². The van der Waals surface area contributed by atoms with E-state index in [4.69, 9.17) is 0 Å². The van der Waals surface area contributed by atoms with Crippen LogP contribution in [0.4, 0.5) is 0 Å². The van der Waals surface area contributed by atoms with E-state index in [9.17, 15) is 4.79 Å². The van der Waals surface area contributed by atoms with Gasteiger partial charge in [-0.25, -0.2) is 0 Å². The van der Waals surface area contributed by atoms with Crippen molar-refractivity contribution in [3.8, 4) is 0 Å². The van der Waals surface area contributed by atoms with Gasteiger partial charge >= 0.3 is 0 Å². The Hall–Kier alpha value is -1.25. The predicted octanol–water partition coefficient (Wildman–Crippen LogP) is 3.47. The fourth-order valence-electron chi connectivity index (χ4n) is 3.48. The third kappa shape index (κ3) is 2.31. The van der Waals surface area contributed by atoms with Crippen molar-refractivity contribution in [2.45, 2.75) is 63.7 Å². The van der Waals surface area contributed by atoms with E-state index in [1.807, 2.05) is 0 Å². The van der Waals surface area contributed by atoms with Crippen LogP contribution >= 0.6 is 0 Å². The van der Waals surface area contributed by atoms with Crippen molar-refractivity contribution < 1.29 is 4.79 Å². The molecule has 0 aromatic carbocycles. The first kappa shape index (κ1) is 12.8. The van der Waals surface area contributed by atoms with E-state index in [-0.39, 0.29) is 11.3 Å². The number of nitrogens with one attached hydrogen (secondary N) is 2. The standard InChI is InChI=1S/C16H24N2O/c1-16(2)10-17-15(19)12-9-13(18-14(12)16)11-7-5-3-4-6-8-11/h9,11,18H,3-8,10H2,1-2H3,(H,17,19). The van der Waals surface area contributed by atoms with Crippen LogP contribution in [-0.4, -0.2) is 17.4 Å². The van der Waals surface area contributed by atoms with Crippen molar-refractivity contribution >= 4 is 5.91 Å². The maximum absolute atomic E-state index is 12.0. The Morgan fingerprint density at radius 2 is 1.84 bits per heavy atom. The minimum absolute atomic E-state index is 0.0201. The normalized spacial score (nSPS) is 23.6. The van der Waals surface area contributed by atoms with Crippen molar-refractivity contribution in [2.24, 2.45) is 0 Å². The van der Waals surface area contributed by atoms with Gasteiger partial charge in [0.05, 0.1) is 5.56 Å². The monoisotopic (exact) mass is 260 g/mol. The van der Waals surface area contributed by atoms with Crippen LogP contribution in [0.2, 0.25) is 0 Å².